The second-order valence-electron chi connectivity index (χ2n) is 5.37. The summed E-state index contributed by atoms with van der Waals surface area (Å²) in [6, 6.07) is 15.5. The molecule has 0 atom stereocenters. The predicted molar refractivity (Wildman–Crippen MR) is 84.3 cm³/mol. The molecule has 2 aromatic carbocycles. The summed E-state index contributed by atoms with van der Waals surface area (Å²) in [4.78, 5) is 4.70. The zero-order chi connectivity index (χ0) is 15.0. The molecule has 0 aliphatic carbocycles. The number of rotatable bonds is 2. The van der Waals surface area contributed by atoms with Crippen LogP contribution < -0.4 is 5.73 Å². The summed E-state index contributed by atoms with van der Waals surface area (Å²) >= 11 is 0. The maximum absolute atomic E-state index is 9.10. The van der Waals surface area contributed by atoms with Gasteiger partial charge in [0.05, 0.1) is 22.7 Å². The number of fused-ring (bicyclic) bond motifs is 1. The van der Waals surface area contributed by atoms with Crippen molar-refractivity contribution in [2.24, 2.45) is 0 Å². The van der Waals surface area contributed by atoms with Gasteiger partial charge in [-0.2, -0.15) is 5.26 Å². The Morgan fingerprint density at radius 1 is 1.19 bits per heavy atom. The number of nitrogens with zero attached hydrogens (tertiary/aromatic N) is 3. The number of nitriles is 1. The van der Waals surface area contributed by atoms with Crippen LogP contribution >= 0.6 is 0 Å². The molecule has 0 saturated heterocycles. The lowest BCUT2D eigenvalue weighted by molar-refractivity contribution is 0.760. The summed E-state index contributed by atoms with van der Waals surface area (Å²) in [6.07, 6.45) is 0. The Kier molecular flexibility index (Phi) is 3.11. The number of benzene rings is 2. The molecular weight excluding hydrogens is 260 g/mol. The lowest BCUT2D eigenvalue weighted by Crippen LogP contribution is -2.03. The molecule has 4 heteroatoms. The summed E-state index contributed by atoms with van der Waals surface area (Å²) in [7, 11) is 0. The Morgan fingerprint density at radius 3 is 2.71 bits per heavy atom. The van der Waals surface area contributed by atoms with Gasteiger partial charge in [0.2, 0.25) is 0 Å². The average molecular weight is 276 g/mol. The van der Waals surface area contributed by atoms with Gasteiger partial charge in [-0.3, -0.25) is 4.57 Å². The van der Waals surface area contributed by atoms with Crippen LogP contribution in [0.5, 0.6) is 0 Å². The highest BCUT2D eigenvalue weighted by atomic mass is 15.1. The number of anilines is 1. The number of imidazole rings is 1. The molecule has 2 N–H and O–H groups in total. The highest BCUT2D eigenvalue weighted by molar-refractivity contribution is 5.81. The third kappa shape index (κ3) is 2.23. The van der Waals surface area contributed by atoms with Crippen molar-refractivity contribution in [1.29, 1.82) is 5.26 Å². The third-order valence-corrected chi connectivity index (χ3v) is 3.45. The lowest BCUT2D eigenvalue weighted by atomic mass is 10.1. The molecule has 4 nitrogen and oxygen atoms in total. The van der Waals surface area contributed by atoms with Crippen LogP contribution in [0.3, 0.4) is 0 Å². The highest BCUT2D eigenvalue weighted by Gasteiger charge is 2.15. The molecule has 3 aromatic rings. The van der Waals surface area contributed by atoms with Crippen molar-refractivity contribution in [3.05, 3.63) is 53.9 Å². The fourth-order valence-electron chi connectivity index (χ4n) is 2.49. The maximum Gasteiger partial charge on any atom is 0.117 e. The van der Waals surface area contributed by atoms with Gasteiger partial charge >= 0.3 is 0 Å². The fraction of sp³-hybridized carbons (Fsp3) is 0.176. The van der Waals surface area contributed by atoms with Crippen molar-refractivity contribution < 1.29 is 0 Å². The average Bonchev–Trinajstić information content (AvgIpc) is 2.86. The minimum absolute atomic E-state index is 0.268. The summed E-state index contributed by atoms with van der Waals surface area (Å²) < 4.78 is 2.10. The first-order chi connectivity index (χ1) is 10.1. The van der Waals surface area contributed by atoms with E-state index in [0.717, 1.165) is 22.5 Å². The SMILES string of the molecule is CC(C)c1nc2cc(N)ccc2n1-c1cccc(C#N)c1. The van der Waals surface area contributed by atoms with E-state index in [9.17, 15) is 0 Å². The predicted octanol–water partition coefficient (Wildman–Crippen LogP) is 3.60. The normalized spacial score (nSPS) is 11.0. The molecule has 0 aliphatic heterocycles. The number of hydrogen-bond acceptors (Lipinski definition) is 3. The van der Waals surface area contributed by atoms with E-state index in [1.54, 1.807) is 6.07 Å². The molecule has 0 bridgehead atoms. The monoisotopic (exact) mass is 276 g/mol. The van der Waals surface area contributed by atoms with Crippen molar-refractivity contribution >= 4 is 16.7 Å². The molecule has 1 heterocycles. The number of hydrogen-bond donors (Lipinski definition) is 1. The molecule has 0 fully saturated rings. The van der Waals surface area contributed by atoms with Crippen molar-refractivity contribution in [2.45, 2.75) is 19.8 Å². The minimum atomic E-state index is 0.268. The lowest BCUT2D eigenvalue weighted by Gasteiger charge is -2.11. The summed E-state index contributed by atoms with van der Waals surface area (Å²) in [5.74, 6) is 1.23. The van der Waals surface area contributed by atoms with Gasteiger partial charge in [-0.15, -0.1) is 0 Å². The van der Waals surface area contributed by atoms with Crippen LogP contribution in [0.4, 0.5) is 5.69 Å². The van der Waals surface area contributed by atoms with Crippen molar-refractivity contribution in [3.8, 4) is 11.8 Å². The molecule has 0 radical (unpaired) electrons. The van der Waals surface area contributed by atoms with Crippen LogP contribution in [0.2, 0.25) is 0 Å². The van der Waals surface area contributed by atoms with E-state index in [4.69, 9.17) is 16.0 Å². The van der Waals surface area contributed by atoms with Crippen LogP contribution in [-0.4, -0.2) is 9.55 Å². The van der Waals surface area contributed by atoms with Crippen LogP contribution in [0.15, 0.2) is 42.5 Å². The molecule has 104 valence electrons. The van der Waals surface area contributed by atoms with Crippen LogP contribution in [-0.2, 0) is 0 Å². The van der Waals surface area contributed by atoms with Crippen LogP contribution in [0, 0.1) is 11.3 Å². The van der Waals surface area contributed by atoms with Gasteiger partial charge in [0, 0.05) is 17.3 Å². The third-order valence-electron chi connectivity index (χ3n) is 3.45. The van der Waals surface area contributed by atoms with Crippen molar-refractivity contribution in [3.63, 3.8) is 0 Å². The first-order valence-corrected chi connectivity index (χ1v) is 6.88. The summed E-state index contributed by atoms with van der Waals surface area (Å²) in [6.45, 7) is 4.21. The zero-order valence-corrected chi connectivity index (χ0v) is 12.0. The van der Waals surface area contributed by atoms with Gasteiger partial charge in [0.15, 0.2) is 0 Å². The van der Waals surface area contributed by atoms with E-state index >= 15 is 0 Å². The van der Waals surface area contributed by atoms with E-state index in [1.165, 1.54) is 0 Å². The van der Waals surface area contributed by atoms with Gasteiger partial charge in [0.1, 0.15) is 5.82 Å². The number of nitrogens with two attached hydrogens (primary N) is 1. The zero-order valence-electron chi connectivity index (χ0n) is 12.0. The highest BCUT2D eigenvalue weighted by Crippen LogP contribution is 2.27. The Morgan fingerprint density at radius 2 is 2.00 bits per heavy atom. The second-order valence-corrected chi connectivity index (χ2v) is 5.37. The molecule has 0 unspecified atom stereocenters. The Labute approximate surface area is 123 Å². The van der Waals surface area contributed by atoms with E-state index in [2.05, 4.69) is 24.5 Å². The fourth-order valence-corrected chi connectivity index (χ4v) is 2.49. The molecule has 0 aliphatic rings. The Hall–Kier alpha value is -2.80. The van der Waals surface area contributed by atoms with Crippen molar-refractivity contribution in [2.75, 3.05) is 5.73 Å². The standard InChI is InChI=1S/C17H16N4/c1-11(2)17-20-15-9-13(19)6-7-16(15)21(17)14-5-3-4-12(8-14)10-18/h3-9,11H,19H2,1-2H3. The molecule has 1 aromatic heterocycles. The molecule has 0 saturated carbocycles. The number of nitrogen functional groups attached to an aromatic ring is 1. The van der Waals surface area contributed by atoms with Crippen LogP contribution in [0.1, 0.15) is 31.2 Å². The largest absolute Gasteiger partial charge is 0.399 e. The van der Waals surface area contributed by atoms with Crippen molar-refractivity contribution in [1.82, 2.24) is 9.55 Å². The molecule has 0 spiro atoms. The maximum atomic E-state index is 9.10. The second kappa shape index (κ2) is 4.95. The van der Waals surface area contributed by atoms with Gasteiger partial charge in [-0.25, -0.2) is 4.98 Å². The quantitative estimate of drug-likeness (QED) is 0.727. The Bertz CT molecular complexity index is 853. The van der Waals surface area contributed by atoms with Gasteiger partial charge in [0.25, 0.3) is 0 Å². The topological polar surface area (TPSA) is 67.6 Å². The molecule has 21 heavy (non-hydrogen) atoms. The van der Waals surface area contributed by atoms with E-state index in [1.807, 2.05) is 36.4 Å². The molecule has 3 rings (SSSR count). The number of aromatic nitrogens is 2. The van der Waals surface area contributed by atoms with Crippen LogP contribution in [0.25, 0.3) is 16.7 Å². The Balaban J connectivity index is 2.34. The first-order valence-electron chi connectivity index (χ1n) is 6.88. The van der Waals surface area contributed by atoms with Gasteiger partial charge in [-0.1, -0.05) is 19.9 Å². The summed E-state index contributed by atoms with van der Waals surface area (Å²) in [5, 5.41) is 9.10. The smallest absolute Gasteiger partial charge is 0.117 e. The minimum Gasteiger partial charge on any atom is -0.399 e. The molecule has 0 amide bonds. The van der Waals surface area contributed by atoms with E-state index < -0.39 is 0 Å². The first kappa shape index (κ1) is 13.2. The van der Waals surface area contributed by atoms with E-state index in [-0.39, 0.29) is 5.92 Å². The summed E-state index contributed by atoms with van der Waals surface area (Å²) in [5.41, 5.74) is 10.0. The van der Waals surface area contributed by atoms with Gasteiger partial charge in [-0.05, 0) is 36.4 Å². The molecular formula is C17H16N4. The van der Waals surface area contributed by atoms with E-state index in [0.29, 0.717) is 11.3 Å². The van der Waals surface area contributed by atoms with Gasteiger partial charge < -0.3 is 5.73 Å².